The normalized spacial score (nSPS) is 17.1. The highest BCUT2D eigenvalue weighted by molar-refractivity contribution is 6.36. The molecule has 1 heterocycles. The average molecular weight is 422 g/mol. The van der Waals surface area contributed by atoms with Crippen LogP contribution in [0.25, 0.3) is 0 Å². The van der Waals surface area contributed by atoms with Crippen molar-refractivity contribution >= 4 is 28.9 Å². The summed E-state index contributed by atoms with van der Waals surface area (Å²) in [7, 11) is 0. The molecule has 29 heavy (non-hydrogen) atoms. The number of hydrogen-bond donors (Lipinski definition) is 0. The number of nitriles is 1. The predicted molar refractivity (Wildman–Crippen MR) is 119 cm³/mol. The summed E-state index contributed by atoms with van der Waals surface area (Å²) in [6, 6.07) is 26.5. The van der Waals surface area contributed by atoms with Gasteiger partial charge in [0.1, 0.15) is 0 Å². The largest absolute Gasteiger partial charge is 0.361 e. The molecule has 1 aliphatic heterocycles. The Bertz CT molecular complexity index is 1010. The van der Waals surface area contributed by atoms with Gasteiger partial charge in [-0.05, 0) is 41.5 Å². The molecule has 5 heteroatoms. The van der Waals surface area contributed by atoms with E-state index in [9.17, 15) is 0 Å². The van der Waals surface area contributed by atoms with Gasteiger partial charge in [-0.15, -0.1) is 0 Å². The number of piperazine rings is 1. The van der Waals surface area contributed by atoms with Crippen LogP contribution >= 0.6 is 23.2 Å². The molecule has 0 saturated carbocycles. The quantitative estimate of drug-likeness (QED) is 0.522. The van der Waals surface area contributed by atoms with E-state index in [4.69, 9.17) is 28.5 Å². The van der Waals surface area contributed by atoms with Crippen LogP contribution in [0.15, 0.2) is 72.8 Å². The second-order valence-electron chi connectivity index (χ2n) is 7.26. The van der Waals surface area contributed by atoms with Gasteiger partial charge in [-0.25, -0.2) is 0 Å². The fraction of sp³-hybridized carbons (Fsp3) is 0.208. The lowest BCUT2D eigenvalue weighted by molar-refractivity contribution is 0.215. The van der Waals surface area contributed by atoms with Crippen molar-refractivity contribution in [3.8, 4) is 6.07 Å². The van der Waals surface area contributed by atoms with Crippen LogP contribution in [-0.4, -0.2) is 24.5 Å². The topological polar surface area (TPSA) is 30.3 Å². The Morgan fingerprint density at radius 3 is 2.38 bits per heavy atom. The van der Waals surface area contributed by atoms with E-state index in [1.165, 1.54) is 11.1 Å². The van der Waals surface area contributed by atoms with Gasteiger partial charge in [-0.2, -0.15) is 5.26 Å². The number of benzene rings is 3. The van der Waals surface area contributed by atoms with Crippen LogP contribution in [0.1, 0.15) is 22.7 Å². The predicted octanol–water partition coefficient (Wildman–Crippen LogP) is 5.93. The van der Waals surface area contributed by atoms with Gasteiger partial charge in [0.2, 0.25) is 0 Å². The van der Waals surface area contributed by atoms with E-state index in [0.29, 0.717) is 15.6 Å². The highest BCUT2D eigenvalue weighted by Gasteiger charge is 2.29. The van der Waals surface area contributed by atoms with Crippen molar-refractivity contribution in [3.05, 3.63) is 99.5 Å². The van der Waals surface area contributed by atoms with Crippen LogP contribution in [-0.2, 0) is 6.54 Å². The lowest BCUT2D eigenvalue weighted by atomic mass is 10.0. The first-order valence-electron chi connectivity index (χ1n) is 9.62. The average Bonchev–Trinajstić information content (AvgIpc) is 2.75. The Morgan fingerprint density at radius 1 is 0.931 bits per heavy atom. The lowest BCUT2D eigenvalue weighted by Crippen LogP contribution is -2.48. The fourth-order valence-electron chi connectivity index (χ4n) is 3.89. The number of hydrogen-bond acceptors (Lipinski definition) is 3. The molecule has 146 valence electrons. The van der Waals surface area contributed by atoms with Gasteiger partial charge in [-0.3, -0.25) is 4.90 Å². The SMILES string of the molecule is N#Cc1ccc(CN2CCN(c3ccc(Cl)cc3Cl)C(c3ccccc3)C2)cc1. The molecule has 4 rings (SSSR count). The molecule has 1 unspecified atom stereocenters. The molecule has 0 bridgehead atoms. The maximum absolute atomic E-state index is 9.00. The van der Waals surface area contributed by atoms with Crippen molar-refractivity contribution in [2.24, 2.45) is 0 Å². The minimum atomic E-state index is 0.196. The summed E-state index contributed by atoms with van der Waals surface area (Å²) < 4.78 is 0. The second kappa shape index (κ2) is 8.88. The highest BCUT2D eigenvalue weighted by Crippen LogP contribution is 2.36. The van der Waals surface area contributed by atoms with E-state index in [-0.39, 0.29) is 6.04 Å². The van der Waals surface area contributed by atoms with E-state index >= 15 is 0 Å². The van der Waals surface area contributed by atoms with Crippen molar-refractivity contribution in [3.63, 3.8) is 0 Å². The van der Waals surface area contributed by atoms with Gasteiger partial charge in [0.25, 0.3) is 0 Å². The minimum absolute atomic E-state index is 0.196. The van der Waals surface area contributed by atoms with Crippen LogP contribution in [0.4, 0.5) is 5.69 Å². The second-order valence-corrected chi connectivity index (χ2v) is 8.10. The Morgan fingerprint density at radius 2 is 1.69 bits per heavy atom. The number of rotatable bonds is 4. The summed E-state index contributed by atoms with van der Waals surface area (Å²) in [5.74, 6) is 0. The van der Waals surface area contributed by atoms with Crippen molar-refractivity contribution in [2.45, 2.75) is 12.6 Å². The molecule has 1 atom stereocenters. The summed E-state index contributed by atoms with van der Waals surface area (Å²) in [6.07, 6.45) is 0. The molecule has 3 nitrogen and oxygen atoms in total. The number of nitrogens with zero attached hydrogens (tertiary/aromatic N) is 3. The molecule has 0 radical (unpaired) electrons. The standard InChI is InChI=1S/C24H21Cl2N3/c25-21-10-11-23(22(26)14-21)29-13-12-28(16-19-8-6-18(15-27)7-9-19)17-24(29)20-4-2-1-3-5-20/h1-11,14,24H,12-13,16-17H2. The third-order valence-electron chi connectivity index (χ3n) is 5.36. The summed E-state index contributed by atoms with van der Waals surface area (Å²) >= 11 is 12.7. The van der Waals surface area contributed by atoms with E-state index < -0.39 is 0 Å². The molecule has 1 fully saturated rings. The van der Waals surface area contributed by atoms with E-state index in [0.717, 1.165) is 31.9 Å². The third-order valence-corrected chi connectivity index (χ3v) is 5.90. The third kappa shape index (κ3) is 4.57. The zero-order valence-corrected chi connectivity index (χ0v) is 17.4. The summed E-state index contributed by atoms with van der Waals surface area (Å²) in [5, 5.41) is 10.3. The Hall–Kier alpha value is -2.51. The summed E-state index contributed by atoms with van der Waals surface area (Å²) in [5.41, 5.74) is 4.19. The van der Waals surface area contributed by atoms with Crippen molar-refractivity contribution < 1.29 is 0 Å². The monoisotopic (exact) mass is 421 g/mol. The first-order chi connectivity index (χ1) is 14.1. The molecular formula is C24H21Cl2N3. The first kappa shape index (κ1) is 19.8. The molecule has 0 aromatic heterocycles. The van der Waals surface area contributed by atoms with Crippen molar-refractivity contribution in [1.29, 1.82) is 5.26 Å². The van der Waals surface area contributed by atoms with E-state index in [1.54, 1.807) is 0 Å². The first-order valence-corrected chi connectivity index (χ1v) is 10.4. The van der Waals surface area contributed by atoms with E-state index in [2.05, 4.69) is 40.1 Å². The maximum Gasteiger partial charge on any atom is 0.0991 e. The summed E-state index contributed by atoms with van der Waals surface area (Å²) in [6.45, 7) is 3.56. The van der Waals surface area contributed by atoms with Gasteiger partial charge in [0, 0.05) is 31.2 Å². The Balaban J connectivity index is 1.59. The number of anilines is 1. The molecular weight excluding hydrogens is 401 g/mol. The van der Waals surface area contributed by atoms with Gasteiger partial charge in [0.05, 0.1) is 28.4 Å². The van der Waals surface area contributed by atoms with Gasteiger partial charge in [0.15, 0.2) is 0 Å². The van der Waals surface area contributed by atoms with Crippen molar-refractivity contribution in [1.82, 2.24) is 4.90 Å². The van der Waals surface area contributed by atoms with Gasteiger partial charge < -0.3 is 4.90 Å². The summed E-state index contributed by atoms with van der Waals surface area (Å²) in [4.78, 5) is 4.84. The van der Waals surface area contributed by atoms with Gasteiger partial charge in [-0.1, -0.05) is 65.7 Å². The smallest absolute Gasteiger partial charge is 0.0991 e. The molecule has 0 aliphatic carbocycles. The van der Waals surface area contributed by atoms with Crippen LogP contribution in [0.2, 0.25) is 10.0 Å². The fourth-order valence-corrected chi connectivity index (χ4v) is 4.41. The molecule has 1 aliphatic rings. The zero-order chi connectivity index (χ0) is 20.2. The molecule has 0 spiro atoms. The van der Waals surface area contributed by atoms with Crippen LogP contribution in [0.5, 0.6) is 0 Å². The Kier molecular flexibility index (Phi) is 6.06. The highest BCUT2D eigenvalue weighted by atomic mass is 35.5. The van der Waals surface area contributed by atoms with Gasteiger partial charge >= 0.3 is 0 Å². The molecule has 3 aromatic carbocycles. The maximum atomic E-state index is 9.00. The molecule has 1 saturated heterocycles. The van der Waals surface area contributed by atoms with Crippen LogP contribution in [0, 0.1) is 11.3 Å². The molecule has 0 N–H and O–H groups in total. The van der Waals surface area contributed by atoms with Crippen LogP contribution < -0.4 is 4.90 Å². The molecule has 3 aromatic rings. The zero-order valence-electron chi connectivity index (χ0n) is 15.9. The van der Waals surface area contributed by atoms with E-state index in [1.807, 2.05) is 48.5 Å². The van der Waals surface area contributed by atoms with Crippen molar-refractivity contribution in [2.75, 3.05) is 24.5 Å². The lowest BCUT2D eigenvalue weighted by Gasteiger charge is -2.43. The number of halogens is 2. The Labute approximate surface area is 181 Å². The van der Waals surface area contributed by atoms with Crippen LogP contribution in [0.3, 0.4) is 0 Å². The molecule has 0 amide bonds. The minimum Gasteiger partial charge on any atom is -0.361 e.